The molecule has 7 amide bonds. The number of piperidine rings is 6. The van der Waals surface area contributed by atoms with Gasteiger partial charge >= 0.3 is 59.7 Å². The van der Waals surface area contributed by atoms with E-state index in [4.69, 9.17) is 49.2 Å². The summed E-state index contributed by atoms with van der Waals surface area (Å²) in [4.78, 5) is 182. The molecule has 6 saturated heterocycles. The molecule has 40 nitrogen and oxygen atoms in total. The monoisotopic (exact) mass is 1830 g/mol. The van der Waals surface area contributed by atoms with Gasteiger partial charge in [-0.3, -0.25) is 88.9 Å². The van der Waals surface area contributed by atoms with Gasteiger partial charge in [0, 0.05) is 59.4 Å². The lowest BCUT2D eigenvalue weighted by molar-refractivity contribution is -0.395. The molecule has 129 heavy (non-hydrogen) atoms. The molecule has 40 heteroatoms. The molecule has 726 valence electrons. The van der Waals surface area contributed by atoms with Crippen molar-refractivity contribution in [2.24, 2.45) is 42.6 Å². The minimum atomic E-state index is -0.956. The summed E-state index contributed by atoms with van der Waals surface area (Å²) in [5.41, 5.74) is 2.31. The average Bonchev–Trinajstić information content (AvgIpc) is 0.803. The maximum atomic E-state index is 12.5. The number of carbonyl (C=O) groups excluding carboxylic acids is 8. The predicted molar refractivity (Wildman–Crippen MR) is 479 cm³/mol. The number of ketones is 1. The van der Waals surface area contributed by atoms with E-state index in [1.807, 2.05) is 109 Å². The summed E-state index contributed by atoms with van der Waals surface area (Å²) in [6, 6.07) is 4.86. The number of hydrogen-bond donors (Lipinski definition) is 3. The molecule has 0 radical (unpaired) electrons. The zero-order valence-corrected chi connectivity index (χ0v) is 80.9. The highest BCUT2D eigenvalue weighted by atomic mass is 16.7. The van der Waals surface area contributed by atoms with Gasteiger partial charge in [-0.15, -0.1) is 0 Å². The number of Topliss-reactive ketones (excluding diaryl/α,β-unsaturated/α-hetero) is 1. The van der Waals surface area contributed by atoms with Crippen LogP contribution < -0.4 is 11.3 Å². The highest BCUT2D eigenvalue weighted by molar-refractivity contribution is 5.86. The normalized spacial score (nSPS) is 22.4. The van der Waals surface area contributed by atoms with Crippen molar-refractivity contribution in [1.29, 1.82) is 0 Å². The summed E-state index contributed by atoms with van der Waals surface area (Å²) < 4.78 is 33.0. The van der Waals surface area contributed by atoms with E-state index in [0.29, 0.717) is 111 Å². The van der Waals surface area contributed by atoms with Crippen LogP contribution in [0, 0.1) is 65.9 Å². The minimum absolute atomic E-state index is 0.0309. The first-order valence-electron chi connectivity index (χ1n) is 43.7. The highest BCUT2D eigenvalue weighted by Crippen LogP contribution is 2.37. The second-order valence-electron chi connectivity index (χ2n) is 40.0. The molecule has 9 heterocycles. The van der Waals surface area contributed by atoms with Crippen molar-refractivity contribution in [1.82, 2.24) is 49.0 Å². The minimum Gasteiger partial charge on any atom is -0.480 e. The van der Waals surface area contributed by atoms with Gasteiger partial charge in [-0.1, -0.05) is 41.5 Å². The Bertz CT molecular complexity index is 4190. The Labute approximate surface area is 757 Å². The van der Waals surface area contributed by atoms with Crippen LogP contribution in [0.2, 0.25) is 0 Å². The van der Waals surface area contributed by atoms with Crippen molar-refractivity contribution in [2.75, 3.05) is 59.2 Å². The number of likely N-dealkylation sites (N-methyl/N-ethyl adjacent to an activating group) is 1. The number of nitrogens with two attached hydrogens (primary N) is 1. The number of likely N-dealkylation sites (tertiary alicyclic amines) is 6. The standard InChI is InChI=1S/C16H23N3O4.C16H25N3O2.C14H26N2O4.C13H23NO3.2C12H21NO4.C6H5N3O5/c1-11-5-8-14(13-7-6-12(9-17-13)19(21)22)18(10-11)15(20)23-16(2,3)4;1-11-5-8-14(13-7-6-12(17)9-18-13)19(10-11)15(20)21-16(2,3)4;1-10-7-8-11(12(17)15(5)19-6)16(9-10)13(18)20-14(2,3)4;1-9-6-7-11(10(2)15)14(8-9)12(16)17-13(3,4)5;2*1-8-5-6-9(10(14)15)13(7-8)11(16)17-12(2,3)4;1-7-3-4(8(11)12)2-5(6(7)10)9(13)14/h6-7,9,11,14H,5,8,10H2,1-4H3;6-7,9,11,14H,5,8,10,17H2,1-4H3;10-11H,7-9H2,1-6H3;9,11H,6-8H2,1-5H3;2*8-9H,5-7H2,1-4H3,(H,14,15);2-3H,1H3/t2*11-,14+;10-,11+;9-,11+;2*8-,9+;/m111111./s1. The SMILES string of the molecule is CC(=O)[C@@H]1CC[C@@H](C)CN1C(=O)OC(C)(C)C.CON(C)C(=O)[C@@H]1CC[C@@H](C)CN1C(=O)OC(C)(C)C.C[C@@H]1CC[C@@H](C(=O)O)N(C(=O)OC(C)(C)C)C1.C[C@@H]1CC[C@@H](C(=O)O)N(C(=O)OC(C)(C)C)C1.C[C@@H]1CC[C@@H](c2ccc(N)cn2)N(C(=O)OC(C)(C)C)C1.C[C@@H]1CC[C@@H](c2ccc([N+](=O)[O-])cn2)N(C(=O)OC(C)(C)C)C1.Cn1cc([N+](=O)[O-])cc([N+](=O)[O-])c1=O. The highest BCUT2D eigenvalue weighted by Gasteiger charge is 2.43. The third-order valence-corrected chi connectivity index (χ3v) is 20.6. The summed E-state index contributed by atoms with van der Waals surface area (Å²) in [7, 11) is 4.19. The molecule has 3 aromatic heterocycles. The fourth-order valence-corrected chi connectivity index (χ4v) is 14.4. The summed E-state index contributed by atoms with van der Waals surface area (Å²) >= 11 is 0. The second kappa shape index (κ2) is 48.5. The molecule has 0 aliphatic carbocycles. The van der Waals surface area contributed by atoms with E-state index in [-0.39, 0.29) is 53.8 Å². The maximum absolute atomic E-state index is 12.5. The van der Waals surface area contributed by atoms with Crippen LogP contribution in [-0.4, -0.2) is 245 Å². The van der Waals surface area contributed by atoms with E-state index in [1.165, 1.54) is 48.0 Å². The van der Waals surface area contributed by atoms with Crippen molar-refractivity contribution in [2.45, 2.75) is 320 Å². The number of aryl methyl sites for hydroxylation is 1. The summed E-state index contributed by atoms with van der Waals surface area (Å²) in [6.45, 7) is 50.0. The Morgan fingerprint density at radius 3 is 0.969 bits per heavy atom. The topological polar surface area (TPSA) is 502 Å². The van der Waals surface area contributed by atoms with Gasteiger partial charge in [-0.25, -0.2) is 43.4 Å². The zero-order chi connectivity index (χ0) is 98.8. The van der Waals surface area contributed by atoms with Crippen molar-refractivity contribution in [3.05, 3.63) is 101 Å². The smallest absolute Gasteiger partial charge is 0.411 e. The maximum Gasteiger partial charge on any atom is 0.411 e. The number of nitrogens with zero attached hydrogens (tertiary/aromatic N) is 13. The van der Waals surface area contributed by atoms with Gasteiger partial charge in [0.2, 0.25) is 0 Å². The third-order valence-electron chi connectivity index (χ3n) is 20.6. The van der Waals surface area contributed by atoms with Crippen LogP contribution in [0.4, 0.5) is 51.5 Å². The van der Waals surface area contributed by atoms with Crippen molar-refractivity contribution >= 4 is 82.9 Å². The number of carbonyl (C=O) groups is 10. The lowest BCUT2D eigenvalue weighted by Gasteiger charge is -2.39. The molecular formula is C89H144N14O26. The molecule has 0 saturated carbocycles. The molecule has 6 fully saturated rings. The zero-order valence-electron chi connectivity index (χ0n) is 80.9. The molecule has 3 aromatic rings. The Morgan fingerprint density at radius 2 is 0.698 bits per heavy atom. The molecule has 0 aromatic carbocycles. The van der Waals surface area contributed by atoms with Crippen LogP contribution >= 0.6 is 0 Å². The fraction of sp³-hybridized carbons (Fsp3) is 0.719. The number of hydrogen-bond acceptors (Lipinski definition) is 27. The van der Waals surface area contributed by atoms with Crippen LogP contribution in [-0.2, 0) is 59.5 Å². The predicted octanol–water partition coefficient (Wildman–Crippen LogP) is 16.1. The first-order valence-corrected chi connectivity index (χ1v) is 43.7. The number of hydroxylamine groups is 2. The van der Waals surface area contributed by atoms with Gasteiger partial charge in [0.15, 0.2) is 5.78 Å². The van der Waals surface area contributed by atoms with Crippen LogP contribution in [0.3, 0.4) is 0 Å². The molecule has 9 rings (SSSR count). The quantitative estimate of drug-likeness (QED) is 0.0964. The lowest BCUT2D eigenvalue weighted by Crippen LogP contribution is -2.54. The van der Waals surface area contributed by atoms with Crippen LogP contribution in [0.25, 0.3) is 0 Å². The average molecular weight is 1830 g/mol. The van der Waals surface area contributed by atoms with Crippen molar-refractivity contribution < 1.29 is 106 Å². The Kier molecular flexibility index (Phi) is 42.2. The van der Waals surface area contributed by atoms with E-state index in [2.05, 4.69) is 37.7 Å². The van der Waals surface area contributed by atoms with E-state index >= 15 is 0 Å². The van der Waals surface area contributed by atoms with Gasteiger partial charge in [0.05, 0.1) is 69.5 Å². The van der Waals surface area contributed by atoms with E-state index in [1.54, 1.807) is 75.6 Å². The first kappa shape index (κ1) is 112. The fourth-order valence-electron chi connectivity index (χ4n) is 14.4. The van der Waals surface area contributed by atoms with Crippen LogP contribution in [0.1, 0.15) is 274 Å². The van der Waals surface area contributed by atoms with Crippen molar-refractivity contribution in [3.63, 3.8) is 0 Å². The number of ether oxygens (including phenoxy) is 6. The first-order chi connectivity index (χ1) is 59.1. The number of aliphatic carboxylic acids is 2. The molecule has 6 aliphatic heterocycles. The van der Waals surface area contributed by atoms with Crippen molar-refractivity contribution in [3.8, 4) is 0 Å². The third kappa shape index (κ3) is 39.0. The number of aromatic nitrogens is 3. The Morgan fingerprint density at radius 1 is 0.419 bits per heavy atom. The van der Waals surface area contributed by atoms with Crippen LogP contribution in [0.15, 0.2) is 53.7 Å². The van der Waals surface area contributed by atoms with E-state index in [0.717, 1.165) is 79.3 Å². The summed E-state index contributed by atoms with van der Waals surface area (Å²) in [6.07, 6.45) is 10.9. The molecule has 0 spiro atoms. The molecule has 0 bridgehead atoms. The Hall–Kier alpha value is -11.1. The van der Waals surface area contributed by atoms with Gasteiger partial charge in [0.25, 0.3) is 17.3 Å². The molecule has 0 unspecified atom stereocenters. The number of anilines is 1. The number of nitrogen functional groups attached to an aromatic ring is 1. The number of pyridine rings is 3. The number of nitro groups is 3. The van der Waals surface area contributed by atoms with Gasteiger partial charge in [-0.05, 0) is 262 Å². The van der Waals surface area contributed by atoms with E-state index in [9.17, 15) is 83.1 Å². The van der Waals surface area contributed by atoms with Crippen LogP contribution in [0.5, 0.6) is 0 Å². The van der Waals surface area contributed by atoms with Gasteiger partial charge in [-0.2, -0.15) is 0 Å². The summed E-state index contributed by atoms with van der Waals surface area (Å²) in [5, 5.41) is 50.7. The number of amides is 7. The molecule has 12 atom stereocenters. The lowest BCUT2D eigenvalue weighted by atomic mass is 9.92. The molecular weight excluding hydrogens is 1680 g/mol. The number of rotatable bonds is 10. The van der Waals surface area contributed by atoms with Gasteiger partial charge < -0.3 is 48.9 Å². The molecule has 6 aliphatic rings. The number of carboxylic acid groups (broad SMARTS) is 2. The Balaban J connectivity index is 0.000000390. The number of carboxylic acids is 2. The summed E-state index contributed by atoms with van der Waals surface area (Å²) in [5.74, 6) is 0.201. The van der Waals surface area contributed by atoms with Gasteiger partial charge in [0.1, 0.15) is 64.0 Å². The molecule has 4 N–H and O–H groups in total. The second-order valence-corrected chi connectivity index (χ2v) is 40.0. The largest absolute Gasteiger partial charge is 0.480 e. The van der Waals surface area contributed by atoms with E-state index < -0.39 is 114 Å².